The summed E-state index contributed by atoms with van der Waals surface area (Å²) in [6.45, 7) is 3.25. The lowest BCUT2D eigenvalue weighted by atomic mass is 10.1. The average Bonchev–Trinajstić information content (AvgIpc) is 3.06. The Morgan fingerprint density at radius 3 is 2.57 bits per heavy atom. The average molecular weight is 318 g/mol. The van der Waals surface area contributed by atoms with Crippen molar-refractivity contribution in [2.24, 2.45) is 0 Å². The van der Waals surface area contributed by atoms with Crippen LogP contribution in [0.5, 0.6) is 0 Å². The Morgan fingerprint density at radius 2 is 1.96 bits per heavy atom. The number of rotatable bonds is 3. The molecule has 2 heterocycles. The summed E-state index contributed by atoms with van der Waals surface area (Å²) in [7, 11) is 0. The van der Waals surface area contributed by atoms with Crippen LogP contribution in [0.15, 0.2) is 28.8 Å². The second kappa shape index (κ2) is 5.64. The molecule has 0 radical (unpaired) electrons. The lowest BCUT2D eigenvalue weighted by molar-refractivity contribution is 0.102. The fourth-order valence-corrected chi connectivity index (χ4v) is 2.25. The van der Waals surface area contributed by atoms with Crippen molar-refractivity contribution in [1.82, 2.24) is 15.4 Å². The molecule has 1 aromatic carbocycles. The van der Waals surface area contributed by atoms with Gasteiger partial charge < -0.3 is 9.84 Å². The van der Waals surface area contributed by atoms with Gasteiger partial charge in [-0.05, 0) is 26.0 Å². The monoisotopic (exact) mass is 318 g/mol. The van der Waals surface area contributed by atoms with Crippen LogP contribution in [0.3, 0.4) is 0 Å². The van der Waals surface area contributed by atoms with Gasteiger partial charge in [-0.3, -0.25) is 9.89 Å². The van der Waals surface area contributed by atoms with Crippen LogP contribution in [-0.4, -0.2) is 21.3 Å². The minimum atomic E-state index is -0.725. The number of carbonyl (C=O) groups is 1. The molecule has 0 unspecified atom stereocenters. The third-order valence-electron chi connectivity index (χ3n) is 3.31. The molecule has 3 rings (SSSR count). The van der Waals surface area contributed by atoms with Gasteiger partial charge in [-0.15, -0.1) is 0 Å². The number of hydrogen-bond acceptors (Lipinski definition) is 4. The third kappa shape index (κ3) is 2.70. The molecule has 0 atom stereocenters. The van der Waals surface area contributed by atoms with E-state index in [-0.39, 0.29) is 17.1 Å². The molecule has 8 heteroatoms. The van der Waals surface area contributed by atoms with E-state index in [0.717, 1.165) is 12.1 Å². The number of benzene rings is 1. The molecule has 23 heavy (non-hydrogen) atoms. The van der Waals surface area contributed by atoms with E-state index in [1.807, 2.05) is 0 Å². The first-order valence-corrected chi connectivity index (χ1v) is 6.71. The number of hydrogen-bond donors (Lipinski definition) is 2. The molecule has 0 aliphatic heterocycles. The maximum Gasteiger partial charge on any atom is 0.262 e. The molecule has 0 aliphatic rings. The second-order valence-electron chi connectivity index (χ2n) is 4.92. The van der Waals surface area contributed by atoms with Gasteiger partial charge in [0.05, 0.1) is 17.0 Å². The number of amides is 1. The Morgan fingerprint density at radius 1 is 1.26 bits per heavy atom. The van der Waals surface area contributed by atoms with Gasteiger partial charge in [0.2, 0.25) is 0 Å². The van der Waals surface area contributed by atoms with Gasteiger partial charge in [0.25, 0.3) is 5.91 Å². The summed E-state index contributed by atoms with van der Waals surface area (Å²) in [6, 6.07) is 4.89. The maximum absolute atomic E-state index is 13.7. The van der Waals surface area contributed by atoms with Gasteiger partial charge in [-0.1, -0.05) is 11.2 Å². The van der Waals surface area contributed by atoms with Crippen LogP contribution in [0.4, 0.5) is 14.6 Å². The molecule has 0 saturated heterocycles. The molecule has 2 N–H and O–H groups in total. The van der Waals surface area contributed by atoms with E-state index in [1.165, 1.54) is 12.1 Å². The summed E-state index contributed by atoms with van der Waals surface area (Å²) in [4.78, 5) is 12.2. The number of carbonyl (C=O) groups excluding carboxylic acids is 1. The number of aryl methyl sites for hydroxylation is 2. The Bertz CT molecular complexity index is 846. The van der Waals surface area contributed by atoms with Gasteiger partial charge in [0.15, 0.2) is 5.82 Å². The Hall–Kier alpha value is -3.03. The number of halogens is 2. The van der Waals surface area contributed by atoms with Crippen LogP contribution in [0.25, 0.3) is 11.3 Å². The molecule has 118 valence electrons. The topological polar surface area (TPSA) is 83.8 Å². The molecule has 2 aromatic heterocycles. The van der Waals surface area contributed by atoms with Crippen molar-refractivity contribution in [2.75, 3.05) is 5.32 Å². The van der Waals surface area contributed by atoms with Crippen LogP contribution in [0, 0.1) is 25.5 Å². The fraction of sp³-hybridized carbons (Fsp3) is 0.133. The highest BCUT2D eigenvalue weighted by Gasteiger charge is 2.19. The zero-order valence-corrected chi connectivity index (χ0v) is 12.3. The maximum atomic E-state index is 13.7. The molecule has 0 bridgehead atoms. The minimum absolute atomic E-state index is 0.120. The fourth-order valence-electron chi connectivity index (χ4n) is 2.25. The number of aromatic nitrogens is 3. The highest BCUT2D eigenvalue weighted by atomic mass is 19.1. The van der Waals surface area contributed by atoms with E-state index in [0.29, 0.717) is 17.0 Å². The number of aromatic amines is 1. The Labute approximate surface area is 129 Å². The first-order valence-electron chi connectivity index (χ1n) is 6.71. The summed E-state index contributed by atoms with van der Waals surface area (Å²) in [6.07, 6.45) is 0. The van der Waals surface area contributed by atoms with Crippen molar-refractivity contribution >= 4 is 11.7 Å². The number of nitrogens with zero attached hydrogens (tertiary/aromatic N) is 2. The molecule has 0 spiro atoms. The zero-order valence-electron chi connectivity index (χ0n) is 12.3. The lowest BCUT2D eigenvalue weighted by Gasteiger charge is -2.01. The Balaban J connectivity index is 1.87. The molecular weight excluding hydrogens is 306 g/mol. The van der Waals surface area contributed by atoms with Crippen LogP contribution in [0.1, 0.15) is 21.8 Å². The predicted octanol–water partition coefficient (Wildman–Crippen LogP) is 3.21. The first kappa shape index (κ1) is 14.9. The quantitative estimate of drug-likeness (QED) is 0.776. The number of anilines is 1. The molecule has 0 fully saturated rings. The van der Waals surface area contributed by atoms with Crippen molar-refractivity contribution < 1.29 is 18.1 Å². The molecule has 3 aromatic rings. The molecule has 6 nitrogen and oxygen atoms in total. The first-order chi connectivity index (χ1) is 11.0. The number of nitrogens with one attached hydrogen (secondary N) is 2. The SMILES string of the molecule is Cc1noc(C)c1C(=O)Nc1cc(-c2c(F)cccc2F)[nH]n1. The van der Waals surface area contributed by atoms with E-state index in [2.05, 4.69) is 20.7 Å². The van der Waals surface area contributed by atoms with E-state index in [1.54, 1.807) is 13.8 Å². The molecule has 0 aliphatic carbocycles. The summed E-state index contributed by atoms with van der Waals surface area (Å²) in [5.74, 6) is -1.41. The van der Waals surface area contributed by atoms with Crippen LogP contribution in [-0.2, 0) is 0 Å². The molecule has 1 amide bonds. The predicted molar refractivity (Wildman–Crippen MR) is 77.9 cm³/mol. The van der Waals surface area contributed by atoms with Crippen molar-refractivity contribution in [3.05, 3.63) is 52.9 Å². The normalized spacial score (nSPS) is 10.8. The highest BCUT2D eigenvalue weighted by molar-refractivity contribution is 6.05. The van der Waals surface area contributed by atoms with Gasteiger partial charge in [0, 0.05) is 6.07 Å². The Kier molecular flexibility index (Phi) is 3.65. The number of H-pyrrole nitrogens is 1. The molecule has 0 saturated carbocycles. The molecular formula is C15H12F2N4O2. The van der Waals surface area contributed by atoms with Gasteiger partial charge >= 0.3 is 0 Å². The third-order valence-corrected chi connectivity index (χ3v) is 3.31. The minimum Gasteiger partial charge on any atom is -0.361 e. The second-order valence-corrected chi connectivity index (χ2v) is 4.92. The zero-order chi connectivity index (χ0) is 16.6. The van der Waals surface area contributed by atoms with E-state index < -0.39 is 17.5 Å². The lowest BCUT2D eigenvalue weighted by Crippen LogP contribution is -2.13. The van der Waals surface area contributed by atoms with Crippen molar-refractivity contribution in [3.8, 4) is 11.3 Å². The van der Waals surface area contributed by atoms with Gasteiger partial charge in [0.1, 0.15) is 23.0 Å². The van der Waals surface area contributed by atoms with E-state index in [4.69, 9.17) is 4.52 Å². The van der Waals surface area contributed by atoms with E-state index >= 15 is 0 Å². The van der Waals surface area contributed by atoms with Crippen LogP contribution < -0.4 is 5.32 Å². The van der Waals surface area contributed by atoms with Crippen molar-refractivity contribution in [3.63, 3.8) is 0 Å². The smallest absolute Gasteiger partial charge is 0.262 e. The standard InChI is InChI=1S/C15H12F2N4O2/c1-7-13(8(2)23-21-7)15(22)18-12-6-11(19-20-12)14-9(16)4-3-5-10(14)17/h3-6H,1-2H3,(H2,18,19,20,22). The summed E-state index contributed by atoms with van der Waals surface area (Å²) >= 11 is 0. The summed E-state index contributed by atoms with van der Waals surface area (Å²) in [5.41, 5.74) is 0.620. The largest absolute Gasteiger partial charge is 0.361 e. The van der Waals surface area contributed by atoms with Crippen LogP contribution >= 0.6 is 0 Å². The highest BCUT2D eigenvalue weighted by Crippen LogP contribution is 2.26. The summed E-state index contributed by atoms with van der Waals surface area (Å²) in [5, 5.41) is 12.6. The van der Waals surface area contributed by atoms with Gasteiger partial charge in [-0.2, -0.15) is 5.10 Å². The van der Waals surface area contributed by atoms with Gasteiger partial charge in [-0.25, -0.2) is 8.78 Å². The van der Waals surface area contributed by atoms with Crippen molar-refractivity contribution in [2.45, 2.75) is 13.8 Å². The van der Waals surface area contributed by atoms with Crippen molar-refractivity contribution in [1.29, 1.82) is 0 Å². The summed E-state index contributed by atoms with van der Waals surface area (Å²) < 4.78 is 32.4. The van der Waals surface area contributed by atoms with Crippen LogP contribution in [0.2, 0.25) is 0 Å². The van der Waals surface area contributed by atoms with E-state index in [9.17, 15) is 13.6 Å².